The monoisotopic (exact) mass is 278 g/mol. The standard InChI is InChI=1S/C15H22N2O3/c1-2-3-4-5-6-7-11-15(18)16-13-9-8-10-14(12-13)17(19)20/h8-10,12H,2-7,11H2,1H3,(H,16,18). The van der Waals surface area contributed by atoms with Crippen LogP contribution >= 0.6 is 0 Å². The molecule has 0 aliphatic heterocycles. The molecule has 0 radical (unpaired) electrons. The second-order valence-electron chi connectivity index (χ2n) is 4.87. The normalized spacial score (nSPS) is 10.2. The van der Waals surface area contributed by atoms with Crippen molar-refractivity contribution in [3.05, 3.63) is 34.4 Å². The van der Waals surface area contributed by atoms with Crippen molar-refractivity contribution in [2.45, 2.75) is 51.9 Å². The summed E-state index contributed by atoms with van der Waals surface area (Å²) in [6.45, 7) is 2.17. The highest BCUT2D eigenvalue weighted by molar-refractivity contribution is 5.90. The fourth-order valence-electron chi connectivity index (χ4n) is 1.99. The van der Waals surface area contributed by atoms with Crippen molar-refractivity contribution in [3.8, 4) is 0 Å². The van der Waals surface area contributed by atoms with Crippen LogP contribution in [-0.4, -0.2) is 10.8 Å². The molecule has 5 nitrogen and oxygen atoms in total. The zero-order chi connectivity index (χ0) is 14.8. The summed E-state index contributed by atoms with van der Waals surface area (Å²) in [6, 6.07) is 6.01. The van der Waals surface area contributed by atoms with E-state index in [-0.39, 0.29) is 11.6 Å². The Balaban J connectivity index is 2.28. The van der Waals surface area contributed by atoms with Gasteiger partial charge < -0.3 is 5.32 Å². The molecule has 0 fully saturated rings. The number of anilines is 1. The van der Waals surface area contributed by atoms with E-state index in [9.17, 15) is 14.9 Å². The number of amides is 1. The highest BCUT2D eigenvalue weighted by atomic mass is 16.6. The van der Waals surface area contributed by atoms with E-state index in [0.29, 0.717) is 12.1 Å². The van der Waals surface area contributed by atoms with E-state index in [0.717, 1.165) is 19.3 Å². The minimum absolute atomic E-state index is 0.0117. The van der Waals surface area contributed by atoms with Gasteiger partial charge in [0.05, 0.1) is 4.92 Å². The molecule has 1 N–H and O–H groups in total. The number of non-ortho nitro benzene ring substituents is 1. The molecule has 0 atom stereocenters. The van der Waals surface area contributed by atoms with Crippen LogP contribution in [0.5, 0.6) is 0 Å². The van der Waals surface area contributed by atoms with Crippen LogP contribution in [0.2, 0.25) is 0 Å². The lowest BCUT2D eigenvalue weighted by Gasteiger charge is -2.05. The van der Waals surface area contributed by atoms with Gasteiger partial charge >= 0.3 is 0 Å². The number of nitro groups is 1. The first-order chi connectivity index (χ1) is 9.63. The maximum Gasteiger partial charge on any atom is 0.271 e. The third-order valence-corrected chi connectivity index (χ3v) is 3.10. The van der Waals surface area contributed by atoms with Gasteiger partial charge in [-0.1, -0.05) is 45.1 Å². The Bertz CT molecular complexity index is 446. The summed E-state index contributed by atoms with van der Waals surface area (Å²) in [5.41, 5.74) is 0.470. The first kappa shape index (κ1) is 16.1. The summed E-state index contributed by atoms with van der Waals surface area (Å²) in [5, 5.41) is 13.3. The van der Waals surface area contributed by atoms with Crippen LogP contribution in [0.4, 0.5) is 11.4 Å². The van der Waals surface area contributed by atoms with E-state index in [1.807, 2.05) is 0 Å². The molecule has 0 unspecified atom stereocenters. The first-order valence-corrected chi connectivity index (χ1v) is 7.17. The summed E-state index contributed by atoms with van der Waals surface area (Å²) >= 11 is 0. The van der Waals surface area contributed by atoms with Crippen molar-refractivity contribution in [2.24, 2.45) is 0 Å². The van der Waals surface area contributed by atoms with Gasteiger partial charge in [-0.25, -0.2) is 0 Å². The van der Waals surface area contributed by atoms with Crippen LogP contribution in [0.15, 0.2) is 24.3 Å². The lowest BCUT2D eigenvalue weighted by Crippen LogP contribution is -2.11. The Kier molecular flexibility index (Phi) is 7.32. The number of nitrogens with zero attached hydrogens (tertiary/aromatic N) is 1. The molecule has 1 amide bonds. The van der Waals surface area contributed by atoms with E-state index >= 15 is 0 Å². The summed E-state index contributed by atoms with van der Waals surface area (Å²) in [5.74, 6) is -0.0824. The SMILES string of the molecule is CCCCCCCCC(=O)Nc1cccc([N+](=O)[O-])c1. The minimum atomic E-state index is -0.469. The van der Waals surface area contributed by atoms with Crippen molar-refractivity contribution in [1.29, 1.82) is 0 Å². The number of nitrogens with one attached hydrogen (secondary N) is 1. The average Bonchev–Trinajstić information content (AvgIpc) is 2.43. The van der Waals surface area contributed by atoms with E-state index in [1.54, 1.807) is 12.1 Å². The van der Waals surface area contributed by atoms with Crippen LogP contribution in [0.1, 0.15) is 51.9 Å². The van der Waals surface area contributed by atoms with Gasteiger partial charge in [-0.15, -0.1) is 0 Å². The molecular formula is C15H22N2O3. The first-order valence-electron chi connectivity index (χ1n) is 7.17. The molecule has 0 aliphatic carbocycles. The molecule has 5 heteroatoms. The molecule has 1 aromatic rings. The number of rotatable bonds is 9. The van der Waals surface area contributed by atoms with Crippen LogP contribution in [0.25, 0.3) is 0 Å². The quantitative estimate of drug-likeness (QED) is 0.416. The third kappa shape index (κ3) is 6.31. The van der Waals surface area contributed by atoms with Gasteiger partial charge in [0.2, 0.25) is 5.91 Å². The van der Waals surface area contributed by atoms with E-state index in [2.05, 4.69) is 12.2 Å². The molecule has 0 saturated heterocycles. The summed E-state index contributed by atoms with van der Waals surface area (Å²) in [6.07, 6.45) is 7.25. The second kappa shape index (κ2) is 9.07. The van der Waals surface area contributed by atoms with Gasteiger partial charge in [0.15, 0.2) is 0 Å². The topological polar surface area (TPSA) is 72.2 Å². The molecule has 0 heterocycles. The fraction of sp³-hybridized carbons (Fsp3) is 0.533. The zero-order valence-electron chi connectivity index (χ0n) is 11.9. The maximum atomic E-state index is 11.7. The van der Waals surface area contributed by atoms with Crippen LogP contribution in [0, 0.1) is 10.1 Å². The number of hydrogen-bond acceptors (Lipinski definition) is 3. The molecule has 0 saturated carbocycles. The summed E-state index contributed by atoms with van der Waals surface area (Å²) in [7, 11) is 0. The van der Waals surface area contributed by atoms with Gasteiger partial charge in [-0.05, 0) is 12.5 Å². The molecule has 1 aromatic carbocycles. The smallest absolute Gasteiger partial charge is 0.271 e. The number of carbonyl (C=O) groups is 1. The van der Waals surface area contributed by atoms with Gasteiger partial charge in [0.25, 0.3) is 5.69 Å². The van der Waals surface area contributed by atoms with Crippen molar-refractivity contribution in [2.75, 3.05) is 5.32 Å². The minimum Gasteiger partial charge on any atom is -0.326 e. The zero-order valence-corrected chi connectivity index (χ0v) is 11.9. The predicted molar refractivity (Wildman–Crippen MR) is 79.7 cm³/mol. The molecule has 1 rings (SSSR count). The van der Waals surface area contributed by atoms with Crippen LogP contribution in [-0.2, 0) is 4.79 Å². The Morgan fingerprint density at radius 3 is 2.60 bits per heavy atom. The van der Waals surface area contributed by atoms with Crippen LogP contribution in [0.3, 0.4) is 0 Å². The molecule has 0 bridgehead atoms. The Hall–Kier alpha value is -1.91. The molecular weight excluding hydrogens is 256 g/mol. The number of benzene rings is 1. The fourth-order valence-corrected chi connectivity index (χ4v) is 1.99. The number of carbonyl (C=O) groups excluding carboxylic acids is 1. The number of unbranched alkanes of at least 4 members (excludes halogenated alkanes) is 5. The number of nitro benzene ring substituents is 1. The summed E-state index contributed by atoms with van der Waals surface area (Å²) in [4.78, 5) is 21.9. The highest BCUT2D eigenvalue weighted by Crippen LogP contribution is 2.17. The Morgan fingerprint density at radius 2 is 1.90 bits per heavy atom. The molecule has 0 spiro atoms. The predicted octanol–water partition coefficient (Wildman–Crippen LogP) is 4.28. The largest absolute Gasteiger partial charge is 0.326 e. The lowest BCUT2D eigenvalue weighted by molar-refractivity contribution is -0.384. The van der Waals surface area contributed by atoms with Gasteiger partial charge in [0.1, 0.15) is 0 Å². The summed E-state index contributed by atoms with van der Waals surface area (Å²) < 4.78 is 0. The Labute approximate surface area is 119 Å². The average molecular weight is 278 g/mol. The molecule has 110 valence electrons. The van der Waals surface area contributed by atoms with E-state index in [4.69, 9.17) is 0 Å². The third-order valence-electron chi connectivity index (χ3n) is 3.10. The lowest BCUT2D eigenvalue weighted by atomic mass is 10.1. The van der Waals surface area contributed by atoms with Crippen molar-refractivity contribution in [3.63, 3.8) is 0 Å². The van der Waals surface area contributed by atoms with Gasteiger partial charge in [-0.2, -0.15) is 0 Å². The highest BCUT2D eigenvalue weighted by Gasteiger charge is 2.07. The van der Waals surface area contributed by atoms with Crippen molar-refractivity contribution >= 4 is 17.3 Å². The van der Waals surface area contributed by atoms with Gasteiger partial charge in [0, 0.05) is 24.2 Å². The van der Waals surface area contributed by atoms with E-state index < -0.39 is 4.92 Å². The van der Waals surface area contributed by atoms with Crippen molar-refractivity contribution < 1.29 is 9.72 Å². The van der Waals surface area contributed by atoms with Crippen molar-refractivity contribution in [1.82, 2.24) is 0 Å². The number of hydrogen-bond donors (Lipinski definition) is 1. The molecule has 0 aromatic heterocycles. The maximum absolute atomic E-state index is 11.7. The molecule has 20 heavy (non-hydrogen) atoms. The van der Waals surface area contributed by atoms with Crippen LogP contribution < -0.4 is 5.32 Å². The molecule has 0 aliphatic rings. The Morgan fingerprint density at radius 1 is 1.20 bits per heavy atom. The van der Waals surface area contributed by atoms with E-state index in [1.165, 1.54) is 31.4 Å². The van der Waals surface area contributed by atoms with Gasteiger partial charge in [-0.3, -0.25) is 14.9 Å². The second-order valence-corrected chi connectivity index (χ2v) is 4.87.